The molecule has 2 rings (SSSR count). The van der Waals surface area contributed by atoms with Crippen LogP contribution in [0.4, 0.5) is 15.6 Å². The minimum atomic E-state index is -0.314. The van der Waals surface area contributed by atoms with Crippen LogP contribution in [0.5, 0.6) is 0 Å². The van der Waals surface area contributed by atoms with E-state index in [-0.39, 0.29) is 6.03 Å². The van der Waals surface area contributed by atoms with Gasteiger partial charge in [-0.05, 0) is 30.7 Å². The molecule has 0 aliphatic rings. The Morgan fingerprint density at radius 1 is 1.41 bits per heavy atom. The summed E-state index contributed by atoms with van der Waals surface area (Å²) in [5.74, 6) is 0. The van der Waals surface area contributed by atoms with E-state index in [1.165, 1.54) is 11.3 Å². The molecular formula is C11H10ClN3OS. The molecule has 0 saturated carbocycles. The number of urea groups is 1. The van der Waals surface area contributed by atoms with Crippen LogP contribution in [0.2, 0.25) is 5.02 Å². The van der Waals surface area contributed by atoms with Gasteiger partial charge in [-0.25, -0.2) is 9.78 Å². The minimum Gasteiger partial charge on any atom is -0.307 e. The van der Waals surface area contributed by atoms with Crippen molar-refractivity contribution in [3.63, 3.8) is 0 Å². The standard InChI is InChI=1S/C11H10ClN3OS/c1-7-6-8(12)2-3-9(7)14-10(16)15-11-13-4-5-17-11/h2-6H,1H3,(H2,13,14,15,16). The summed E-state index contributed by atoms with van der Waals surface area (Å²) in [7, 11) is 0. The predicted molar refractivity (Wildman–Crippen MR) is 70.9 cm³/mol. The normalized spacial score (nSPS) is 10.0. The number of thiazole rings is 1. The number of nitrogens with zero attached hydrogens (tertiary/aromatic N) is 1. The van der Waals surface area contributed by atoms with Crippen LogP contribution in [0.15, 0.2) is 29.8 Å². The third-order valence-electron chi connectivity index (χ3n) is 2.09. The maximum absolute atomic E-state index is 11.6. The van der Waals surface area contributed by atoms with Crippen molar-refractivity contribution >= 4 is 39.8 Å². The highest BCUT2D eigenvalue weighted by molar-refractivity contribution is 7.13. The van der Waals surface area contributed by atoms with Crippen LogP contribution >= 0.6 is 22.9 Å². The fourth-order valence-electron chi connectivity index (χ4n) is 1.30. The largest absolute Gasteiger partial charge is 0.325 e. The summed E-state index contributed by atoms with van der Waals surface area (Å²) in [6, 6.07) is 4.97. The van der Waals surface area contributed by atoms with Crippen LogP contribution in [0, 0.1) is 6.92 Å². The highest BCUT2D eigenvalue weighted by Gasteiger charge is 2.06. The maximum atomic E-state index is 11.6. The van der Waals surface area contributed by atoms with Crippen LogP contribution < -0.4 is 10.6 Å². The number of aryl methyl sites for hydroxylation is 1. The number of benzene rings is 1. The Hall–Kier alpha value is -1.59. The lowest BCUT2D eigenvalue weighted by Gasteiger charge is -2.08. The Bertz CT molecular complexity index is 528. The van der Waals surface area contributed by atoms with Gasteiger partial charge >= 0.3 is 6.03 Å². The highest BCUT2D eigenvalue weighted by Crippen LogP contribution is 2.20. The van der Waals surface area contributed by atoms with Crippen LogP contribution in [0.25, 0.3) is 0 Å². The number of amides is 2. The van der Waals surface area contributed by atoms with Gasteiger partial charge in [0.15, 0.2) is 5.13 Å². The van der Waals surface area contributed by atoms with E-state index in [0.717, 1.165) is 11.3 Å². The molecule has 0 aliphatic heterocycles. The van der Waals surface area contributed by atoms with Crippen LogP contribution in [-0.2, 0) is 0 Å². The quantitative estimate of drug-likeness (QED) is 0.871. The number of anilines is 2. The lowest BCUT2D eigenvalue weighted by Crippen LogP contribution is -2.19. The topological polar surface area (TPSA) is 54.0 Å². The second-order valence-corrected chi connectivity index (χ2v) is 4.71. The molecule has 0 radical (unpaired) electrons. The first-order valence-electron chi connectivity index (χ1n) is 4.89. The van der Waals surface area contributed by atoms with Gasteiger partial charge in [0.05, 0.1) is 0 Å². The predicted octanol–water partition coefficient (Wildman–Crippen LogP) is 3.75. The molecule has 1 heterocycles. The van der Waals surface area contributed by atoms with Gasteiger partial charge < -0.3 is 5.32 Å². The lowest BCUT2D eigenvalue weighted by molar-refractivity contribution is 0.262. The van der Waals surface area contributed by atoms with Crippen LogP contribution in [0.3, 0.4) is 0 Å². The zero-order valence-electron chi connectivity index (χ0n) is 9.03. The Kier molecular flexibility index (Phi) is 3.61. The van der Waals surface area contributed by atoms with Crippen molar-refractivity contribution in [1.82, 2.24) is 4.98 Å². The SMILES string of the molecule is Cc1cc(Cl)ccc1NC(=O)Nc1nccs1. The van der Waals surface area contributed by atoms with Crippen LogP contribution in [0.1, 0.15) is 5.56 Å². The molecule has 1 aromatic carbocycles. The number of carbonyl (C=O) groups excluding carboxylic acids is 1. The van der Waals surface area contributed by atoms with Gasteiger partial charge in [0.1, 0.15) is 0 Å². The van der Waals surface area contributed by atoms with E-state index in [1.54, 1.807) is 29.8 Å². The van der Waals surface area contributed by atoms with Crippen molar-refractivity contribution < 1.29 is 4.79 Å². The maximum Gasteiger partial charge on any atom is 0.325 e. The molecule has 0 unspecified atom stereocenters. The molecule has 17 heavy (non-hydrogen) atoms. The number of rotatable bonds is 2. The molecule has 2 amide bonds. The van der Waals surface area contributed by atoms with E-state index in [1.807, 2.05) is 6.92 Å². The number of halogens is 1. The summed E-state index contributed by atoms with van der Waals surface area (Å²) in [5.41, 5.74) is 1.63. The number of nitrogens with one attached hydrogen (secondary N) is 2. The van der Waals surface area contributed by atoms with Crippen molar-refractivity contribution in [3.8, 4) is 0 Å². The van der Waals surface area contributed by atoms with E-state index >= 15 is 0 Å². The van der Waals surface area contributed by atoms with E-state index < -0.39 is 0 Å². The van der Waals surface area contributed by atoms with E-state index in [0.29, 0.717) is 10.2 Å². The van der Waals surface area contributed by atoms with E-state index in [4.69, 9.17) is 11.6 Å². The van der Waals surface area contributed by atoms with Gasteiger partial charge in [-0.1, -0.05) is 11.6 Å². The average Bonchev–Trinajstić information content (AvgIpc) is 2.75. The van der Waals surface area contributed by atoms with Gasteiger partial charge in [-0.15, -0.1) is 11.3 Å². The van der Waals surface area contributed by atoms with E-state index in [2.05, 4.69) is 15.6 Å². The molecule has 0 saturated heterocycles. The highest BCUT2D eigenvalue weighted by atomic mass is 35.5. The number of hydrogen-bond acceptors (Lipinski definition) is 3. The first-order valence-corrected chi connectivity index (χ1v) is 6.14. The van der Waals surface area contributed by atoms with Gasteiger partial charge in [0.2, 0.25) is 0 Å². The summed E-state index contributed by atoms with van der Waals surface area (Å²) >= 11 is 7.20. The zero-order chi connectivity index (χ0) is 12.3. The monoisotopic (exact) mass is 267 g/mol. The fourth-order valence-corrected chi connectivity index (χ4v) is 2.05. The summed E-state index contributed by atoms with van der Waals surface area (Å²) in [6.07, 6.45) is 1.63. The van der Waals surface area contributed by atoms with Gasteiger partial charge in [-0.3, -0.25) is 5.32 Å². The molecule has 1 aromatic heterocycles. The first kappa shape index (κ1) is 11.9. The Labute approximate surface area is 108 Å². The number of hydrogen-bond donors (Lipinski definition) is 2. The molecule has 6 heteroatoms. The minimum absolute atomic E-state index is 0.314. The van der Waals surface area contributed by atoms with Crippen molar-refractivity contribution in [2.24, 2.45) is 0 Å². The van der Waals surface area contributed by atoms with E-state index in [9.17, 15) is 4.79 Å². The first-order chi connectivity index (χ1) is 8.15. The molecule has 88 valence electrons. The Balaban J connectivity index is 2.03. The zero-order valence-corrected chi connectivity index (χ0v) is 10.6. The summed E-state index contributed by atoms with van der Waals surface area (Å²) in [4.78, 5) is 15.6. The van der Waals surface area contributed by atoms with Gasteiger partial charge in [0.25, 0.3) is 0 Å². The number of carbonyl (C=O) groups is 1. The van der Waals surface area contributed by atoms with Gasteiger partial charge in [0, 0.05) is 22.3 Å². The second kappa shape index (κ2) is 5.16. The number of aromatic nitrogens is 1. The molecule has 0 atom stereocenters. The summed E-state index contributed by atoms with van der Waals surface area (Å²) in [5, 5.41) is 8.38. The lowest BCUT2D eigenvalue weighted by atomic mass is 10.2. The third kappa shape index (κ3) is 3.18. The Morgan fingerprint density at radius 3 is 2.88 bits per heavy atom. The second-order valence-electron chi connectivity index (χ2n) is 3.38. The molecule has 0 fully saturated rings. The molecule has 2 aromatic rings. The molecule has 2 N–H and O–H groups in total. The van der Waals surface area contributed by atoms with Crippen molar-refractivity contribution in [2.75, 3.05) is 10.6 Å². The van der Waals surface area contributed by atoms with Crippen molar-refractivity contribution in [2.45, 2.75) is 6.92 Å². The summed E-state index contributed by atoms with van der Waals surface area (Å²) in [6.45, 7) is 1.88. The van der Waals surface area contributed by atoms with Crippen molar-refractivity contribution in [3.05, 3.63) is 40.4 Å². The molecule has 0 bridgehead atoms. The molecule has 0 spiro atoms. The smallest absolute Gasteiger partial charge is 0.307 e. The third-order valence-corrected chi connectivity index (χ3v) is 3.01. The fraction of sp³-hybridized carbons (Fsp3) is 0.0909. The van der Waals surface area contributed by atoms with Crippen LogP contribution in [-0.4, -0.2) is 11.0 Å². The van der Waals surface area contributed by atoms with Crippen molar-refractivity contribution in [1.29, 1.82) is 0 Å². The summed E-state index contributed by atoms with van der Waals surface area (Å²) < 4.78 is 0. The van der Waals surface area contributed by atoms with Gasteiger partial charge in [-0.2, -0.15) is 0 Å². The average molecular weight is 268 g/mol. The Morgan fingerprint density at radius 2 is 2.24 bits per heavy atom. The molecular weight excluding hydrogens is 258 g/mol. The molecule has 4 nitrogen and oxygen atoms in total. The molecule has 0 aliphatic carbocycles.